The van der Waals surface area contributed by atoms with Crippen LogP contribution in [-0.4, -0.2) is 0 Å². The fourth-order valence-electron chi connectivity index (χ4n) is 1.28. The second kappa shape index (κ2) is 16.1. The predicted octanol–water partition coefficient (Wildman–Crippen LogP) is 5.62. The van der Waals surface area contributed by atoms with Crippen LogP contribution >= 0.6 is 0 Å². The van der Waals surface area contributed by atoms with Gasteiger partial charge in [0.05, 0.1) is 0 Å². The van der Waals surface area contributed by atoms with E-state index in [-0.39, 0.29) is 19.5 Å². The number of hydrogen-bond donors (Lipinski definition) is 0. The summed E-state index contributed by atoms with van der Waals surface area (Å²) in [6.07, 6.45) is 0. The van der Waals surface area contributed by atoms with E-state index in [4.69, 9.17) is 0 Å². The molecule has 0 atom stereocenters. The first kappa shape index (κ1) is 19.0. The van der Waals surface area contributed by atoms with Crippen LogP contribution in [0.15, 0.2) is 121 Å². The first-order valence-corrected chi connectivity index (χ1v) is 6.67. The van der Waals surface area contributed by atoms with Gasteiger partial charge in [0, 0.05) is 0 Å². The Morgan fingerprint density at radius 3 is 0.476 bits per heavy atom. The fourth-order valence-corrected chi connectivity index (χ4v) is 1.28. The van der Waals surface area contributed by atoms with E-state index in [9.17, 15) is 0 Å². The van der Waals surface area contributed by atoms with Crippen molar-refractivity contribution < 1.29 is 19.5 Å². The van der Waals surface area contributed by atoms with E-state index in [0.29, 0.717) is 0 Å². The Morgan fingerprint density at radius 2 is 0.429 bits per heavy atom. The summed E-state index contributed by atoms with van der Waals surface area (Å²) in [5, 5.41) is 0. The van der Waals surface area contributed by atoms with Crippen LogP contribution in [0.4, 0.5) is 0 Å². The molecule has 0 saturated carbocycles. The van der Waals surface area contributed by atoms with Crippen LogP contribution in [0.1, 0.15) is 0 Å². The van der Waals surface area contributed by atoms with Gasteiger partial charge in [-0.05, 0) is 0 Å². The van der Waals surface area contributed by atoms with Gasteiger partial charge in [-0.1, -0.05) is 0 Å². The van der Waals surface area contributed by atoms with Gasteiger partial charge in [0.2, 0.25) is 0 Å². The van der Waals surface area contributed by atoms with Crippen molar-refractivity contribution in [2.45, 2.75) is 0 Å². The maximum atomic E-state index is 2.00. The maximum absolute atomic E-state index is 2.00. The maximum Gasteiger partial charge on any atom is 4.00 e. The van der Waals surface area contributed by atoms with Crippen molar-refractivity contribution in [1.29, 1.82) is 0 Å². The second-order valence-electron chi connectivity index (χ2n) is 3.85. The van der Waals surface area contributed by atoms with Crippen LogP contribution in [0, 0.1) is 0 Å². The van der Waals surface area contributed by atoms with Crippen LogP contribution in [0.5, 0.6) is 0 Å². The molecule has 0 spiro atoms. The summed E-state index contributed by atoms with van der Waals surface area (Å²) < 4.78 is 0. The van der Waals surface area contributed by atoms with Crippen molar-refractivity contribution in [2.24, 2.45) is 0 Å². The summed E-state index contributed by atoms with van der Waals surface area (Å²) in [4.78, 5) is 0. The molecule has 0 bridgehead atoms. The number of rotatable bonds is 0. The van der Waals surface area contributed by atoms with E-state index >= 15 is 0 Å². The minimum Gasteiger partial charge on any atom is -0.214 e. The van der Waals surface area contributed by atoms with Crippen molar-refractivity contribution in [1.82, 2.24) is 0 Å². The molecule has 0 saturated heterocycles. The molecule has 0 fully saturated rings. The summed E-state index contributed by atoms with van der Waals surface area (Å²) in [5.41, 5.74) is 0. The zero-order valence-corrected chi connectivity index (χ0v) is 13.6. The molecule has 0 aromatic heterocycles. The molecule has 0 aliphatic heterocycles. The van der Waals surface area contributed by atoms with Gasteiger partial charge in [-0.3, -0.25) is 0 Å². The van der Waals surface area contributed by atoms with Gasteiger partial charge in [0.15, 0.2) is 0 Å². The molecule has 0 aliphatic carbocycles. The molecular weight excluding hydrogens is 341 g/mol. The molecule has 4 aromatic rings. The first-order chi connectivity index (χ1) is 10.0. The zero-order valence-electron chi connectivity index (χ0n) is 11.9. The second-order valence-corrected chi connectivity index (χ2v) is 3.85. The van der Waals surface area contributed by atoms with Gasteiger partial charge in [-0.25, -0.2) is 48.5 Å². The summed E-state index contributed by atoms with van der Waals surface area (Å²) in [7, 11) is 0. The standard InChI is InChI=1S/4C5H5.Ru/c4*1-2-4-5-3-1;/h4*1-5H;/q4*-1;+4. The van der Waals surface area contributed by atoms with Gasteiger partial charge in [0.25, 0.3) is 0 Å². The molecular formula is C20H20Ru. The molecule has 0 unspecified atom stereocenters. The summed E-state index contributed by atoms with van der Waals surface area (Å²) in [6.45, 7) is 0. The SMILES string of the molecule is [Ru+4].c1cc[cH-]c1.c1cc[cH-]c1.c1cc[cH-]c1.c1cc[cH-]c1. The minimum absolute atomic E-state index is 0. The Labute approximate surface area is 140 Å². The third-order valence-electron chi connectivity index (χ3n) is 2.22. The van der Waals surface area contributed by atoms with E-state index in [1.165, 1.54) is 0 Å². The fraction of sp³-hybridized carbons (Fsp3) is 0. The Hall–Kier alpha value is -1.98. The summed E-state index contributed by atoms with van der Waals surface area (Å²) >= 11 is 0. The molecule has 0 aliphatic rings. The third kappa shape index (κ3) is 14.2. The molecule has 0 nitrogen and oxygen atoms in total. The van der Waals surface area contributed by atoms with Gasteiger partial charge in [0.1, 0.15) is 0 Å². The van der Waals surface area contributed by atoms with Crippen molar-refractivity contribution in [3.8, 4) is 0 Å². The van der Waals surface area contributed by atoms with Gasteiger partial charge in [-0.2, -0.15) is 72.8 Å². The molecule has 0 heterocycles. The first-order valence-electron chi connectivity index (χ1n) is 6.67. The van der Waals surface area contributed by atoms with Crippen molar-refractivity contribution in [2.75, 3.05) is 0 Å². The van der Waals surface area contributed by atoms with Crippen LogP contribution in [0.25, 0.3) is 0 Å². The molecule has 0 N–H and O–H groups in total. The Bertz CT molecular complexity index is 337. The van der Waals surface area contributed by atoms with Crippen LogP contribution in [0.3, 0.4) is 0 Å². The smallest absolute Gasteiger partial charge is 0.214 e. The predicted molar refractivity (Wildman–Crippen MR) is 88.1 cm³/mol. The Kier molecular flexibility index (Phi) is 14.6. The number of hydrogen-bond acceptors (Lipinski definition) is 0. The van der Waals surface area contributed by atoms with E-state index in [0.717, 1.165) is 0 Å². The molecule has 21 heavy (non-hydrogen) atoms. The Morgan fingerprint density at radius 1 is 0.286 bits per heavy atom. The quantitative estimate of drug-likeness (QED) is 0.282. The molecule has 0 amide bonds. The normalized spacial score (nSPS) is 7.62. The van der Waals surface area contributed by atoms with Crippen LogP contribution in [0.2, 0.25) is 0 Å². The summed E-state index contributed by atoms with van der Waals surface area (Å²) in [5.74, 6) is 0. The van der Waals surface area contributed by atoms with E-state index < -0.39 is 0 Å². The molecule has 4 aromatic carbocycles. The van der Waals surface area contributed by atoms with Crippen molar-refractivity contribution in [3.63, 3.8) is 0 Å². The molecule has 4 rings (SSSR count). The van der Waals surface area contributed by atoms with Gasteiger partial charge in [-0.15, -0.1) is 0 Å². The van der Waals surface area contributed by atoms with Crippen molar-refractivity contribution >= 4 is 0 Å². The van der Waals surface area contributed by atoms with E-state index in [1.807, 2.05) is 121 Å². The topological polar surface area (TPSA) is 0 Å². The van der Waals surface area contributed by atoms with E-state index in [2.05, 4.69) is 0 Å². The zero-order chi connectivity index (χ0) is 14.1. The molecule has 108 valence electrons. The Balaban J connectivity index is 0.000000250. The molecule has 0 radical (unpaired) electrons. The monoisotopic (exact) mass is 362 g/mol. The van der Waals surface area contributed by atoms with Crippen LogP contribution in [-0.2, 0) is 19.5 Å². The van der Waals surface area contributed by atoms with Crippen molar-refractivity contribution in [3.05, 3.63) is 121 Å². The third-order valence-corrected chi connectivity index (χ3v) is 2.22. The van der Waals surface area contributed by atoms with Crippen LogP contribution < -0.4 is 0 Å². The van der Waals surface area contributed by atoms with E-state index in [1.54, 1.807) is 0 Å². The average molecular weight is 361 g/mol. The van der Waals surface area contributed by atoms with Gasteiger partial charge < -0.3 is 0 Å². The molecule has 1 heteroatoms. The average Bonchev–Trinajstić information content (AvgIpc) is 3.40. The minimum atomic E-state index is 0. The largest absolute Gasteiger partial charge is 4.00 e. The summed E-state index contributed by atoms with van der Waals surface area (Å²) in [6, 6.07) is 40.0. The van der Waals surface area contributed by atoms with Gasteiger partial charge >= 0.3 is 19.5 Å².